The van der Waals surface area contributed by atoms with Gasteiger partial charge in [0.05, 0.1) is 5.92 Å². The fourth-order valence-electron chi connectivity index (χ4n) is 2.76. The molecular weight excluding hydrogens is 502 g/mol. The monoisotopic (exact) mass is 535 g/mol. The zero-order valence-electron chi connectivity index (χ0n) is 20.0. The Morgan fingerprint density at radius 1 is 0.889 bits per heavy atom. The highest BCUT2D eigenvalue weighted by molar-refractivity contribution is 7.99. The molecule has 0 aromatic carbocycles. The predicted molar refractivity (Wildman–Crippen MR) is 126 cm³/mol. The lowest BCUT2D eigenvalue weighted by molar-refractivity contribution is -0.143. The first-order valence-electron chi connectivity index (χ1n) is 11.0. The Kier molecular flexibility index (Phi) is 15.2. The van der Waals surface area contributed by atoms with Crippen molar-refractivity contribution in [1.29, 1.82) is 0 Å². The van der Waals surface area contributed by atoms with Crippen molar-refractivity contribution in [2.75, 3.05) is 18.1 Å². The summed E-state index contributed by atoms with van der Waals surface area (Å²) in [7, 11) is 0. The molecule has 0 aromatic rings. The Labute approximate surface area is 211 Å². The van der Waals surface area contributed by atoms with Crippen LogP contribution in [0.4, 0.5) is 0 Å². The van der Waals surface area contributed by atoms with Crippen molar-refractivity contribution in [3.05, 3.63) is 0 Å². The summed E-state index contributed by atoms with van der Waals surface area (Å²) in [6.07, 6.45) is -2.59. The molecule has 0 rings (SSSR count). The highest BCUT2D eigenvalue weighted by atomic mass is 32.2. The van der Waals surface area contributed by atoms with Crippen molar-refractivity contribution < 1.29 is 54.0 Å². The quantitative estimate of drug-likeness (QED) is 0.0968. The summed E-state index contributed by atoms with van der Waals surface area (Å²) < 4.78 is 0. The average Bonchev–Trinajstić information content (AvgIpc) is 2.78. The van der Waals surface area contributed by atoms with E-state index in [0.717, 1.165) is 11.8 Å². The molecule has 0 aromatic heterocycles. The van der Waals surface area contributed by atoms with Crippen molar-refractivity contribution in [2.45, 2.75) is 57.7 Å². The van der Waals surface area contributed by atoms with Gasteiger partial charge in [-0.3, -0.25) is 28.8 Å². The smallest absolute Gasteiger partial charge is 0.326 e. The fraction of sp³-hybridized carbons (Fsp3) is 0.667. The number of nitrogens with one attached hydrogen (secondary N) is 2. The number of aliphatic hydroxyl groups is 1. The Morgan fingerprint density at radius 2 is 1.50 bits per heavy atom. The van der Waals surface area contributed by atoms with Crippen LogP contribution in [0.3, 0.4) is 0 Å². The van der Waals surface area contributed by atoms with Gasteiger partial charge in [-0.25, -0.2) is 4.79 Å². The normalized spacial score (nSPS) is 15.0. The van der Waals surface area contributed by atoms with E-state index in [4.69, 9.17) is 15.9 Å². The van der Waals surface area contributed by atoms with E-state index in [1.54, 1.807) is 0 Å². The molecule has 0 unspecified atom stereocenters. The number of thioether (sulfide) groups is 1. The van der Waals surface area contributed by atoms with Gasteiger partial charge < -0.3 is 36.8 Å². The number of carboxylic acid groups (broad SMARTS) is 3. The number of amides is 2. The number of rotatable bonds is 19. The number of ketones is 2. The minimum absolute atomic E-state index is 0.0356. The molecule has 0 saturated heterocycles. The molecule has 14 nitrogen and oxygen atoms in total. The molecule has 0 aliphatic heterocycles. The summed E-state index contributed by atoms with van der Waals surface area (Å²) in [6.45, 7) is 1.94. The highest BCUT2D eigenvalue weighted by Crippen LogP contribution is 2.16. The molecule has 0 radical (unpaired) electrons. The lowest BCUT2D eigenvalue weighted by atomic mass is 9.98. The van der Waals surface area contributed by atoms with Crippen LogP contribution in [-0.4, -0.2) is 98.0 Å². The molecule has 204 valence electrons. The molecule has 0 saturated carbocycles. The minimum atomic E-state index is -1.45. The summed E-state index contributed by atoms with van der Waals surface area (Å²) >= 11 is 0.987. The first kappa shape index (κ1) is 33.0. The van der Waals surface area contributed by atoms with E-state index < -0.39 is 77.9 Å². The number of nitrogens with two attached hydrogens (primary N) is 1. The Bertz CT molecular complexity index is 834. The zero-order chi connectivity index (χ0) is 28.0. The molecule has 5 atom stereocenters. The van der Waals surface area contributed by atoms with Crippen LogP contribution in [0.25, 0.3) is 0 Å². The molecule has 36 heavy (non-hydrogen) atoms. The number of carbonyl (C=O) groups is 7. The largest absolute Gasteiger partial charge is 0.480 e. The van der Waals surface area contributed by atoms with Gasteiger partial charge in [-0.15, -0.1) is 0 Å². The Morgan fingerprint density at radius 3 is 2.00 bits per heavy atom. The standard InChI is InChI=1S/C21H33N3O11S/c1-10(5-16(27)11(2)25)18(30)24-15(21(34)35)4-3-13(26)6-12(19(31)23-7-17(28)29)8-36-9-14(22)20(32)33/h10-12,14-15,25H,3-9,22H2,1-2H3,(H,23,31)(H,24,30)(H,28,29)(H,32,33)(H,34,35)/t10-,11-,12-,14+,15-/m1/s1. The zero-order valence-corrected chi connectivity index (χ0v) is 20.8. The van der Waals surface area contributed by atoms with Crippen LogP contribution in [0, 0.1) is 11.8 Å². The summed E-state index contributed by atoms with van der Waals surface area (Å²) in [6, 6.07) is -2.65. The van der Waals surface area contributed by atoms with Crippen LogP contribution in [0.15, 0.2) is 0 Å². The van der Waals surface area contributed by atoms with Crippen LogP contribution in [0.2, 0.25) is 0 Å². The predicted octanol–water partition coefficient (Wildman–Crippen LogP) is -1.77. The third-order valence-electron chi connectivity index (χ3n) is 4.94. The number of carboxylic acids is 3. The molecule has 15 heteroatoms. The minimum Gasteiger partial charge on any atom is -0.480 e. The first-order chi connectivity index (χ1) is 16.6. The molecule has 0 aliphatic rings. The van der Waals surface area contributed by atoms with E-state index in [2.05, 4.69) is 10.6 Å². The molecule has 0 bridgehead atoms. The van der Waals surface area contributed by atoms with Gasteiger partial charge in [0.2, 0.25) is 11.8 Å². The number of aliphatic hydroxyl groups excluding tert-OH is 1. The van der Waals surface area contributed by atoms with Crippen LogP contribution < -0.4 is 16.4 Å². The van der Waals surface area contributed by atoms with Crippen LogP contribution >= 0.6 is 11.8 Å². The lowest BCUT2D eigenvalue weighted by Crippen LogP contribution is -2.44. The van der Waals surface area contributed by atoms with Crippen molar-refractivity contribution in [3.63, 3.8) is 0 Å². The maximum absolute atomic E-state index is 12.5. The molecule has 0 heterocycles. The number of hydrogen-bond acceptors (Lipinski definition) is 10. The van der Waals surface area contributed by atoms with Crippen molar-refractivity contribution in [2.24, 2.45) is 17.6 Å². The number of Topliss-reactive ketones (excluding diaryl/α,β-unsaturated/α-hetero) is 2. The fourth-order valence-corrected chi connectivity index (χ4v) is 3.85. The number of hydrogen-bond donors (Lipinski definition) is 7. The average molecular weight is 536 g/mol. The van der Waals surface area contributed by atoms with Crippen molar-refractivity contribution >= 4 is 53.1 Å². The van der Waals surface area contributed by atoms with E-state index in [-0.39, 0.29) is 37.2 Å². The van der Waals surface area contributed by atoms with Gasteiger partial charge >= 0.3 is 17.9 Å². The molecule has 8 N–H and O–H groups in total. The van der Waals surface area contributed by atoms with E-state index in [1.807, 2.05) is 0 Å². The summed E-state index contributed by atoms with van der Waals surface area (Å²) in [5.41, 5.74) is 5.40. The van der Waals surface area contributed by atoms with Gasteiger partial charge in [-0.2, -0.15) is 11.8 Å². The molecule has 0 fully saturated rings. The molecule has 0 aliphatic carbocycles. The van der Waals surface area contributed by atoms with Gasteiger partial charge in [0.1, 0.15) is 30.5 Å². The number of carbonyl (C=O) groups excluding carboxylic acids is 4. The van der Waals surface area contributed by atoms with Crippen LogP contribution in [0.5, 0.6) is 0 Å². The number of aliphatic carboxylic acids is 3. The van der Waals surface area contributed by atoms with E-state index >= 15 is 0 Å². The third kappa shape index (κ3) is 13.7. The van der Waals surface area contributed by atoms with Crippen LogP contribution in [0.1, 0.15) is 39.5 Å². The topological polar surface area (TPSA) is 250 Å². The van der Waals surface area contributed by atoms with E-state index in [9.17, 15) is 43.8 Å². The second kappa shape index (κ2) is 16.6. The second-order valence-corrected chi connectivity index (χ2v) is 9.29. The third-order valence-corrected chi connectivity index (χ3v) is 6.17. The molecule has 0 spiro atoms. The summed E-state index contributed by atoms with van der Waals surface area (Å²) in [4.78, 5) is 81.6. The van der Waals surface area contributed by atoms with Gasteiger partial charge in [0.15, 0.2) is 5.78 Å². The Balaban J connectivity index is 5.04. The van der Waals surface area contributed by atoms with Crippen molar-refractivity contribution in [3.8, 4) is 0 Å². The SMILES string of the molecule is C[C@H](CC(=O)[C@@H](C)O)C(=O)N[C@H](CCC(=O)C[C@H](CSC[C@H](N)C(=O)O)C(=O)NCC(=O)O)C(=O)O. The highest BCUT2D eigenvalue weighted by Gasteiger charge is 2.28. The van der Waals surface area contributed by atoms with Gasteiger partial charge in [-0.1, -0.05) is 6.92 Å². The second-order valence-electron chi connectivity index (χ2n) is 8.22. The maximum Gasteiger partial charge on any atom is 0.326 e. The molecular formula is C21H33N3O11S. The van der Waals surface area contributed by atoms with Crippen molar-refractivity contribution in [1.82, 2.24) is 10.6 Å². The molecule has 2 amide bonds. The van der Waals surface area contributed by atoms with Gasteiger partial charge in [0, 0.05) is 36.7 Å². The van der Waals surface area contributed by atoms with Gasteiger partial charge in [0.25, 0.3) is 0 Å². The lowest BCUT2D eigenvalue weighted by Gasteiger charge is -2.19. The van der Waals surface area contributed by atoms with Gasteiger partial charge in [-0.05, 0) is 13.3 Å². The maximum atomic E-state index is 12.5. The Hall–Kier alpha value is -3.04. The summed E-state index contributed by atoms with van der Waals surface area (Å²) in [5, 5.41) is 40.6. The van der Waals surface area contributed by atoms with E-state index in [0.29, 0.717) is 0 Å². The summed E-state index contributed by atoms with van der Waals surface area (Å²) in [5.74, 6) is -8.63. The first-order valence-corrected chi connectivity index (χ1v) is 12.1. The van der Waals surface area contributed by atoms with E-state index in [1.165, 1.54) is 13.8 Å². The van der Waals surface area contributed by atoms with Crippen LogP contribution in [-0.2, 0) is 33.6 Å².